The zero-order valence-electron chi connectivity index (χ0n) is 17.7. The van der Waals surface area contributed by atoms with Crippen molar-refractivity contribution in [1.82, 2.24) is 10.2 Å². The number of guanidine groups is 1. The van der Waals surface area contributed by atoms with Gasteiger partial charge in [0.15, 0.2) is 5.96 Å². The van der Waals surface area contributed by atoms with Gasteiger partial charge in [0, 0.05) is 37.2 Å². The van der Waals surface area contributed by atoms with E-state index >= 15 is 0 Å². The summed E-state index contributed by atoms with van der Waals surface area (Å²) in [5.41, 5.74) is 2.12. The van der Waals surface area contributed by atoms with E-state index in [0.717, 1.165) is 69.4 Å². The summed E-state index contributed by atoms with van der Waals surface area (Å²) in [4.78, 5) is 7.22. The molecule has 6 heteroatoms. The second kappa shape index (κ2) is 9.63. The first kappa shape index (κ1) is 20.2. The minimum atomic E-state index is 0.305. The highest BCUT2D eigenvalue weighted by atomic mass is 16.5. The Morgan fingerprint density at radius 1 is 1.24 bits per heavy atom. The van der Waals surface area contributed by atoms with Crippen LogP contribution in [0.2, 0.25) is 0 Å². The van der Waals surface area contributed by atoms with E-state index in [1.54, 1.807) is 0 Å². The van der Waals surface area contributed by atoms with E-state index in [1.165, 1.54) is 17.4 Å². The number of nitrogens with zero attached hydrogens (tertiary/aromatic N) is 2. The smallest absolute Gasteiger partial charge is 0.194 e. The van der Waals surface area contributed by atoms with Crippen LogP contribution in [0.3, 0.4) is 0 Å². The molecule has 0 aliphatic carbocycles. The molecule has 1 aromatic heterocycles. The number of hydrogen-bond donors (Lipinski definition) is 1. The summed E-state index contributed by atoms with van der Waals surface area (Å²) in [5.74, 6) is 1.90. The third kappa shape index (κ3) is 4.93. The van der Waals surface area contributed by atoms with Gasteiger partial charge in [0.05, 0.1) is 18.8 Å². The molecular formula is C23H33N3O3. The molecule has 3 heterocycles. The lowest BCUT2D eigenvalue weighted by Gasteiger charge is -2.34. The minimum Gasteiger partial charge on any atom is -0.459 e. The zero-order valence-corrected chi connectivity index (χ0v) is 17.7. The van der Waals surface area contributed by atoms with Gasteiger partial charge in [-0.25, -0.2) is 4.99 Å². The van der Waals surface area contributed by atoms with Crippen molar-refractivity contribution < 1.29 is 13.9 Å². The van der Waals surface area contributed by atoms with Gasteiger partial charge in [-0.3, -0.25) is 0 Å². The second-order valence-electron chi connectivity index (χ2n) is 7.97. The molecule has 0 saturated carbocycles. The molecule has 1 atom stereocenters. The predicted octanol–water partition coefficient (Wildman–Crippen LogP) is 3.87. The number of furan rings is 1. The average Bonchev–Trinajstić information content (AvgIpc) is 3.38. The maximum atomic E-state index is 6.11. The predicted molar refractivity (Wildman–Crippen MR) is 115 cm³/mol. The lowest BCUT2D eigenvalue weighted by Crippen LogP contribution is -2.47. The molecule has 1 aromatic carbocycles. The summed E-state index contributed by atoms with van der Waals surface area (Å²) >= 11 is 0. The van der Waals surface area contributed by atoms with Crippen molar-refractivity contribution in [1.29, 1.82) is 0 Å². The van der Waals surface area contributed by atoms with Crippen LogP contribution in [0.25, 0.3) is 11.0 Å². The Hall–Kier alpha value is -2.05. The molecule has 2 saturated heterocycles. The molecule has 6 nitrogen and oxygen atoms in total. The van der Waals surface area contributed by atoms with Gasteiger partial charge in [-0.2, -0.15) is 0 Å². The van der Waals surface area contributed by atoms with Crippen molar-refractivity contribution in [2.75, 3.05) is 32.8 Å². The topological polar surface area (TPSA) is 59.2 Å². The zero-order chi connectivity index (χ0) is 20.1. The van der Waals surface area contributed by atoms with Crippen molar-refractivity contribution in [2.24, 2.45) is 4.99 Å². The Bertz CT molecular complexity index is 818. The van der Waals surface area contributed by atoms with E-state index < -0.39 is 0 Å². The van der Waals surface area contributed by atoms with Gasteiger partial charge in [0.25, 0.3) is 0 Å². The van der Waals surface area contributed by atoms with Gasteiger partial charge in [-0.15, -0.1) is 0 Å². The third-order valence-electron chi connectivity index (χ3n) is 5.93. The van der Waals surface area contributed by atoms with Crippen LogP contribution in [0.1, 0.15) is 43.9 Å². The Morgan fingerprint density at radius 3 is 2.79 bits per heavy atom. The first-order valence-electron chi connectivity index (χ1n) is 11.0. The Morgan fingerprint density at radius 2 is 2.07 bits per heavy atom. The first-order valence-corrected chi connectivity index (χ1v) is 11.0. The summed E-state index contributed by atoms with van der Waals surface area (Å²) in [6.45, 7) is 9.18. The number of rotatable bonds is 6. The average molecular weight is 400 g/mol. The van der Waals surface area contributed by atoms with Crippen LogP contribution in [-0.2, 0) is 16.0 Å². The molecule has 1 N–H and O–H groups in total. The summed E-state index contributed by atoms with van der Waals surface area (Å²) < 4.78 is 17.8. The van der Waals surface area contributed by atoms with Gasteiger partial charge in [-0.05, 0) is 45.6 Å². The largest absolute Gasteiger partial charge is 0.459 e. The molecule has 2 aliphatic rings. The standard InChI is InChI=1S/C23H33N3O3/c1-3-24-23(25-15-22-17(2)20-8-4-5-9-21(20)29-22)26-12-10-18(11-13-26)28-16-19-7-6-14-27-19/h4-5,8-9,18-19H,3,6-7,10-16H2,1-2H3,(H,24,25). The number of likely N-dealkylation sites (tertiary alicyclic amines) is 1. The second-order valence-corrected chi connectivity index (χ2v) is 7.97. The van der Waals surface area contributed by atoms with Gasteiger partial charge in [0.1, 0.15) is 17.9 Å². The molecule has 29 heavy (non-hydrogen) atoms. The Balaban J connectivity index is 1.34. The molecular weight excluding hydrogens is 366 g/mol. The van der Waals surface area contributed by atoms with Crippen LogP contribution < -0.4 is 5.32 Å². The number of para-hydroxylation sites is 1. The lowest BCUT2D eigenvalue weighted by molar-refractivity contribution is -0.0367. The van der Waals surface area contributed by atoms with Crippen molar-refractivity contribution in [3.05, 3.63) is 35.6 Å². The molecule has 2 fully saturated rings. The Labute approximate surface area is 173 Å². The fourth-order valence-corrected chi connectivity index (χ4v) is 4.20. The molecule has 0 amide bonds. The molecule has 0 spiro atoms. The van der Waals surface area contributed by atoms with E-state index in [-0.39, 0.29) is 0 Å². The van der Waals surface area contributed by atoms with Crippen molar-refractivity contribution in [3.63, 3.8) is 0 Å². The molecule has 1 unspecified atom stereocenters. The fraction of sp³-hybridized carbons (Fsp3) is 0.609. The third-order valence-corrected chi connectivity index (χ3v) is 5.93. The number of hydrogen-bond acceptors (Lipinski definition) is 4. The number of piperidine rings is 1. The van der Waals surface area contributed by atoms with E-state index in [4.69, 9.17) is 18.9 Å². The maximum Gasteiger partial charge on any atom is 0.194 e. The highest BCUT2D eigenvalue weighted by Crippen LogP contribution is 2.25. The minimum absolute atomic E-state index is 0.305. The molecule has 4 rings (SSSR count). The fourth-order valence-electron chi connectivity index (χ4n) is 4.20. The van der Waals surface area contributed by atoms with E-state index in [0.29, 0.717) is 18.8 Å². The molecule has 158 valence electrons. The molecule has 2 aromatic rings. The lowest BCUT2D eigenvalue weighted by atomic mass is 10.1. The maximum absolute atomic E-state index is 6.11. The van der Waals surface area contributed by atoms with Crippen LogP contribution >= 0.6 is 0 Å². The molecule has 0 bridgehead atoms. The normalized spacial score (nSPS) is 21.2. The van der Waals surface area contributed by atoms with E-state index in [9.17, 15) is 0 Å². The van der Waals surface area contributed by atoms with Crippen LogP contribution in [0, 0.1) is 6.92 Å². The number of fused-ring (bicyclic) bond motifs is 1. The number of aliphatic imine (C=N–C) groups is 1. The highest BCUT2D eigenvalue weighted by Gasteiger charge is 2.24. The van der Waals surface area contributed by atoms with Crippen LogP contribution in [-0.4, -0.2) is 55.9 Å². The van der Waals surface area contributed by atoms with Crippen LogP contribution in [0.4, 0.5) is 0 Å². The van der Waals surface area contributed by atoms with E-state index in [1.807, 2.05) is 18.2 Å². The number of benzene rings is 1. The number of ether oxygens (including phenoxy) is 2. The SMILES string of the molecule is CCNC(=NCc1oc2ccccc2c1C)N1CCC(OCC2CCCO2)CC1. The van der Waals surface area contributed by atoms with Crippen molar-refractivity contribution in [3.8, 4) is 0 Å². The van der Waals surface area contributed by atoms with Gasteiger partial charge >= 0.3 is 0 Å². The molecule has 0 radical (unpaired) electrons. The molecule has 2 aliphatic heterocycles. The quantitative estimate of drug-likeness (QED) is 0.590. The number of nitrogens with one attached hydrogen (secondary N) is 1. The van der Waals surface area contributed by atoms with Crippen LogP contribution in [0.5, 0.6) is 0 Å². The van der Waals surface area contributed by atoms with Crippen molar-refractivity contribution >= 4 is 16.9 Å². The summed E-state index contributed by atoms with van der Waals surface area (Å²) in [7, 11) is 0. The van der Waals surface area contributed by atoms with Crippen LogP contribution in [0.15, 0.2) is 33.7 Å². The van der Waals surface area contributed by atoms with Gasteiger partial charge in [0.2, 0.25) is 0 Å². The number of aryl methyl sites for hydroxylation is 1. The Kier molecular flexibility index (Phi) is 6.72. The summed E-state index contributed by atoms with van der Waals surface area (Å²) in [6, 6.07) is 8.18. The highest BCUT2D eigenvalue weighted by molar-refractivity contribution is 5.82. The van der Waals surface area contributed by atoms with Crippen molar-refractivity contribution in [2.45, 2.75) is 58.3 Å². The summed E-state index contributed by atoms with van der Waals surface area (Å²) in [5, 5.41) is 4.61. The van der Waals surface area contributed by atoms with Gasteiger partial charge in [-0.1, -0.05) is 18.2 Å². The van der Waals surface area contributed by atoms with E-state index in [2.05, 4.69) is 30.1 Å². The van der Waals surface area contributed by atoms with Gasteiger partial charge < -0.3 is 24.1 Å². The first-order chi connectivity index (χ1) is 14.2. The summed E-state index contributed by atoms with van der Waals surface area (Å²) in [6.07, 6.45) is 4.99. The monoisotopic (exact) mass is 399 g/mol.